The Morgan fingerprint density at radius 1 is 1.30 bits per heavy atom. The molecule has 112 valence electrons. The Balaban J connectivity index is 2.16. The van der Waals surface area contributed by atoms with Crippen molar-refractivity contribution in [2.45, 2.75) is 45.6 Å². The maximum atomic E-state index is 5.47. The van der Waals surface area contributed by atoms with Crippen molar-refractivity contribution in [3.05, 3.63) is 10.5 Å². The molecule has 0 unspecified atom stereocenters. The number of hydrogen-bond acceptors (Lipinski definition) is 3. The van der Waals surface area contributed by atoms with Crippen molar-refractivity contribution in [2.75, 3.05) is 12.0 Å². The molecule has 0 aromatic carbocycles. The molecule has 0 aliphatic rings. The Morgan fingerprint density at radius 2 is 2.10 bits per heavy atom. The van der Waals surface area contributed by atoms with E-state index in [0.29, 0.717) is 0 Å². The first kappa shape index (κ1) is 15.6. The quantitative estimate of drug-likeness (QED) is 0.593. The Labute approximate surface area is 129 Å². The molecule has 0 fully saturated rings. The van der Waals surface area contributed by atoms with Crippen molar-refractivity contribution < 1.29 is 0 Å². The second-order valence-electron chi connectivity index (χ2n) is 5.15. The van der Waals surface area contributed by atoms with Gasteiger partial charge in [-0.05, 0) is 43.5 Å². The minimum atomic E-state index is 0.829. The Hall–Kier alpha value is -0.750. The van der Waals surface area contributed by atoms with Crippen LogP contribution in [0.1, 0.15) is 38.3 Å². The molecule has 0 bridgehead atoms. The van der Waals surface area contributed by atoms with Gasteiger partial charge in [0.25, 0.3) is 0 Å². The fourth-order valence-corrected chi connectivity index (χ4v) is 3.36. The van der Waals surface area contributed by atoms with Gasteiger partial charge < -0.3 is 9.55 Å². The molecule has 2 aromatic heterocycles. The predicted molar refractivity (Wildman–Crippen MR) is 90.1 cm³/mol. The molecule has 2 aromatic rings. The van der Waals surface area contributed by atoms with Crippen molar-refractivity contribution in [3.63, 3.8) is 0 Å². The van der Waals surface area contributed by atoms with Crippen molar-refractivity contribution in [1.82, 2.24) is 19.3 Å². The van der Waals surface area contributed by atoms with Gasteiger partial charge in [0.1, 0.15) is 5.52 Å². The topological polar surface area (TPSA) is 38.5 Å². The van der Waals surface area contributed by atoms with Crippen LogP contribution in [0.5, 0.6) is 0 Å². The first-order valence-corrected chi connectivity index (χ1v) is 9.12. The van der Waals surface area contributed by atoms with Gasteiger partial charge in [0.2, 0.25) is 0 Å². The van der Waals surface area contributed by atoms with E-state index < -0.39 is 0 Å². The number of aryl methyl sites for hydroxylation is 3. The number of H-pyrrole nitrogens is 1. The van der Waals surface area contributed by atoms with Crippen LogP contribution in [0.25, 0.3) is 11.2 Å². The number of aromatic amines is 1. The highest BCUT2D eigenvalue weighted by Crippen LogP contribution is 2.19. The summed E-state index contributed by atoms with van der Waals surface area (Å²) in [6.07, 6.45) is 7.99. The molecule has 2 heterocycles. The molecular formula is C14H24N4S2. The van der Waals surface area contributed by atoms with Gasteiger partial charge in [-0.3, -0.25) is 4.68 Å². The number of nitrogens with one attached hydrogen (secondary N) is 1. The maximum absolute atomic E-state index is 5.47. The highest BCUT2D eigenvalue weighted by atomic mass is 32.2. The smallest absolute Gasteiger partial charge is 0.179 e. The third-order valence-electron chi connectivity index (χ3n) is 3.54. The average Bonchev–Trinajstić information content (AvgIpc) is 2.89. The van der Waals surface area contributed by atoms with Crippen molar-refractivity contribution in [3.8, 4) is 0 Å². The molecule has 20 heavy (non-hydrogen) atoms. The van der Waals surface area contributed by atoms with E-state index in [-0.39, 0.29) is 0 Å². The number of unbranched alkanes of at least 4 members (excludes halogenated alkanes) is 2. The normalized spacial score (nSPS) is 11.6. The van der Waals surface area contributed by atoms with Gasteiger partial charge in [0.15, 0.2) is 10.4 Å². The van der Waals surface area contributed by atoms with Crippen LogP contribution in [0.3, 0.4) is 0 Å². The van der Waals surface area contributed by atoms with E-state index in [4.69, 9.17) is 12.2 Å². The van der Waals surface area contributed by atoms with E-state index in [0.717, 1.165) is 41.0 Å². The SMILES string of the molecule is CCCc1nn(C)c2c1[nH]c(=S)n2CCCCCSC. The van der Waals surface area contributed by atoms with Crippen LogP contribution in [-0.2, 0) is 20.0 Å². The summed E-state index contributed by atoms with van der Waals surface area (Å²) in [6.45, 7) is 3.16. The Morgan fingerprint density at radius 3 is 2.80 bits per heavy atom. The molecule has 0 atom stereocenters. The molecular weight excluding hydrogens is 288 g/mol. The van der Waals surface area contributed by atoms with Gasteiger partial charge in [0.05, 0.1) is 5.69 Å². The lowest BCUT2D eigenvalue weighted by molar-refractivity contribution is 0.595. The summed E-state index contributed by atoms with van der Waals surface area (Å²) in [6, 6.07) is 0. The van der Waals surface area contributed by atoms with E-state index >= 15 is 0 Å². The minimum Gasteiger partial charge on any atom is -0.328 e. The summed E-state index contributed by atoms with van der Waals surface area (Å²) in [7, 11) is 2.01. The third-order valence-corrected chi connectivity index (χ3v) is 4.56. The van der Waals surface area contributed by atoms with Gasteiger partial charge >= 0.3 is 0 Å². The Kier molecular flexibility index (Phi) is 5.72. The summed E-state index contributed by atoms with van der Waals surface area (Å²) in [5.74, 6) is 1.25. The zero-order valence-electron chi connectivity index (χ0n) is 12.6. The summed E-state index contributed by atoms with van der Waals surface area (Å²) in [4.78, 5) is 3.34. The lowest BCUT2D eigenvalue weighted by atomic mass is 10.2. The minimum absolute atomic E-state index is 0.829. The van der Waals surface area contributed by atoms with Crippen molar-refractivity contribution in [1.29, 1.82) is 0 Å². The standard InChI is InChI=1S/C14H24N4S2/c1-4-8-11-12-13(17(2)16-11)18(14(19)15-12)9-6-5-7-10-20-3/h4-10H2,1-3H3,(H,15,19). The van der Waals surface area contributed by atoms with Gasteiger partial charge in [-0.25, -0.2) is 0 Å². The second kappa shape index (κ2) is 7.31. The number of nitrogens with zero attached hydrogens (tertiary/aromatic N) is 3. The highest BCUT2D eigenvalue weighted by Gasteiger charge is 2.14. The predicted octanol–water partition coefficient (Wildman–Crippen LogP) is 3.92. The molecule has 4 nitrogen and oxygen atoms in total. The van der Waals surface area contributed by atoms with E-state index in [1.165, 1.54) is 25.0 Å². The number of fused-ring (bicyclic) bond motifs is 1. The molecule has 0 saturated carbocycles. The summed E-state index contributed by atoms with van der Waals surface area (Å²) in [5.41, 5.74) is 3.41. The van der Waals surface area contributed by atoms with E-state index in [2.05, 4.69) is 27.8 Å². The number of imidazole rings is 1. The molecule has 0 radical (unpaired) electrons. The highest BCUT2D eigenvalue weighted by molar-refractivity contribution is 7.98. The zero-order chi connectivity index (χ0) is 14.5. The maximum Gasteiger partial charge on any atom is 0.179 e. The largest absolute Gasteiger partial charge is 0.328 e. The van der Waals surface area contributed by atoms with Crippen LogP contribution in [0, 0.1) is 4.77 Å². The first-order chi connectivity index (χ1) is 9.69. The molecule has 6 heteroatoms. The number of rotatable bonds is 8. The average molecular weight is 313 g/mol. The van der Waals surface area contributed by atoms with Gasteiger partial charge in [0, 0.05) is 13.6 Å². The van der Waals surface area contributed by atoms with Gasteiger partial charge in [-0.15, -0.1) is 0 Å². The van der Waals surface area contributed by atoms with Crippen LogP contribution >= 0.6 is 24.0 Å². The molecule has 1 N–H and O–H groups in total. The number of thioether (sulfide) groups is 1. The molecule has 0 aliphatic carbocycles. The van der Waals surface area contributed by atoms with Gasteiger partial charge in [-0.1, -0.05) is 19.8 Å². The van der Waals surface area contributed by atoms with Crippen LogP contribution in [0.4, 0.5) is 0 Å². The molecule has 2 rings (SSSR count). The monoisotopic (exact) mass is 312 g/mol. The van der Waals surface area contributed by atoms with Crippen molar-refractivity contribution in [2.24, 2.45) is 7.05 Å². The summed E-state index contributed by atoms with van der Waals surface area (Å²) < 4.78 is 5.00. The summed E-state index contributed by atoms with van der Waals surface area (Å²) >= 11 is 7.39. The van der Waals surface area contributed by atoms with Crippen LogP contribution in [0.2, 0.25) is 0 Å². The Bertz CT molecular complexity index is 608. The molecule has 0 aliphatic heterocycles. The van der Waals surface area contributed by atoms with Crippen LogP contribution in [0.15, 0.2) is 0 Å². The van der Waals surface area contributed by atoms with E-state index in [1.54, 1.807) is 0 Å². The van der Waals surface area contributed by atoms with Crippen LogP contribution in [-0.4, -0.2) is 31.3 Å². The number of hydrogen-bond donors (Lipinski definition) is 1. The zero-order valence-corrected chi connectivity index (χ0v) is 14.2. The first-order valence-electron chi connectivity index (χ1n) is 7.32. The summed E-state index contributed by atoms with van der Waals surface area (Å²) in [5, 5.41) is 4.61. The fraction of sp³-hybridized carbons (Fsp3) is 0.714. The van der Waals surface area contributed by atoms with Gasteiger partial charge in [-0.2, -0.15) is 16.9 Å². The lowest BCUT2D eigenvalue weighted by Gasteiger charge is -2.04. The fourth-order valence-electron chi connectivity index (χ4n) is 2.59. The third kappa shape index (κ3) is 3.28. The molecule has 0 saturated heterocycles. The lowest BCUT2D eigenvalue weighted by Crippen LogP contribution is -2.03. The second-order valence-corrected chi connectivity index (χ2v) is 6.53. The number of aromatic nitrogens is 4. The van der Waals surface area contributed by atoms with Crippen molar-refractivity contribution >= 4 is 35.1 Å². The van der Waals surface area contributed by atoms with Crippen LogP contribution < -0.4 is 0 Å². The van der Waals surface area contributed by atoms with E-state index in [9.17, 15) is 0 Å². The van der Waals surface area contributed by atoms with E-state index in [1.807, 2.05) is 23.5 Å². The molecule has 0 amide bonds. The molecule has 0 spiro atoms.